The molecule has 2 atom stereocenters. The van der Waals surface area contributed by atoms with Crippen molar-refractivity contribution in [2.75, 3.05) is 6.61 Å². The van der Waals surface area contributed by atoms with Gasteiger partial charge in [-0.25, -0.2) is 0 Å². The summed E-state index contributed by atoms with van der Waals surface area (Å²) >= 11 is 0. The van der Waals surface area contributed by atoms with Crippen molar-refractivity contribution in [2.45, 2.75) is 34.1 Å². The second-order valence-electron chi connectivity index (χ2n) is 4.73. The van der Waals surface area contributed by atoms with Gasteiger partial charge in [-0.05, 0) is 37.7 Å². The average Bonchev–Trinajstić information content (AvgIpc) is 2.83. The molecule has 0 N–H and O–H groups in total. The van der Waals surface area contributed by atoms with Crippen molar-refractivity contribution in [3.8, 4) is 0 Å². The molecule has 2 heteroatoms. The topological polar surface area (TPSA) is 26.3 Å². The Morgan fingerprint density at radius 3 is 2.64 bits per heavy atom. The summed E-state index contributed by atoms with van der Waals surface area (Å²) in [5, 5.41) is 0. The predicted molar refractivity (Wildman–Crippen MR) is 54.7 cm³/mol. The molecule has 0 aromatic heterocycles. The second-order valence-corrected chi connectivity index (χ2v) is 4.73. The van der Waals surface area contributed by atoms with Crippen LogP contribution >= 0.6 is 0 Å². The first-order valence-electron chi connectivity index (χ1n) is 5.44. The molecule has 0 aromatic carbocycles. The monoisotopic (exact) mass is 194 g/mol. The average molecular weight is 194 g/mol. The molecule has 1 fully saturated rings. The predicted octanol–water partition coefficient (Wildman–Crippen LogP) is 2.54. The molecule has 0 heterocycles. The van der Waals surface area contributed by atoms with Gasteiger partial charge in [-0.3, -0.25) is 4.79 Å². The zero-order chi connectivity index (χ0) is 10.5. The van der Waals surface area contributed by atoms with Crippen LogP contribution in [0.25, 0.3) is 0 Å². The highest BCUT2D eigenvalue weighted by Crippen LogP contribution is 2.67. The van der Waals surface area contributed by atoms with Crippen molar-refractivity contribution in [1.29, 1.82) is 0 Å². The third kappa shape index (κ3) is 0.943. The van der Waals surface area contributed by atoms with Crippen molar-refractivity contribution in [3.05, 3.63) is 11.3 Å². The molecule has 2 aliphatic carbocycles. The van der Waals surface area contributed by atoms with Gasteiger partial charge in [0.25, 0.3) is 0 Å². The Morgan fingerprint density at radius 2 is 2.21 bits per heavy atom. The first kappa shape index (κ1) is 9.75. The van der Waals surface area contributed by atoms with Gasteiger partial charge >= 0.3 is 0 Å². The summed E-state index contributed by atoms with van der Waals surface area (Å²) in [6.07, 6.45) is 1.05. The highest BCUT2D eigenvalue weighted by molar-refractivity contribution is 6.05. The number of carbonyl (C=O) groups excluding carboxylic acids is 1. The lowest BCUT2D eigenvalue weighted by Gasteiger charge is -2.16. The Balaban J connectivity index is 2.28. The van der Waals surface area contributed by atoms with Gasteiger partial charge in [-0.15, -0.1) is 0 Å². The fourth-order valence-corrected chi connectivity index (χ4v) is 2.84. The molecule has 0 amide bonds. The molecule has 0 bridgehead atoms. The van der Waals surface area contributed by atoms with E-state index in [4.69, 9.17) is 4.74 Å². The van der Waals surface area contributed by atoms with E-state index in [1.807, 2.05) is 13.8 Å². The van der Waals surface area contributed by atoms with E-state index >= 15 is 0 Å². The molecule has 0 aliphatic heterocycles. The number of ether oxygens (including phenoxy) is 1. The summed E-state index contributed by atoms with van der Waals surface area (Å²) in [5.74, 6) is 1.85. The molecule has 0 aromatic rings. The van der Waals surface area contributed by atoms with Crippen molar-refractivity contribution in [3.63, 3.8) is 0 Å². The van der Waals surface area contributed by atoms with Crippen LogP contribution in [0.4, 0.5) is 0 Å². The van der Waals surface area contributed by atoms with Crippen LogP contribution in [-0.2, 0) is 9.53 Å². The number of carbonyl (C=O) groups is 1. The highest BCUT2D eigenvalue weighted by atomic mass is 16.5. The third-order valence-electron chi connectivity index (χ3n) is 3.83. The molecular formula is C12H18O2. The number of hydrogen-bond donors (Lipinski definition) is 0. The van der Waals surface area contributed by atoms with Crippen LogP contribution in [0.5, 0.6) is 0 Å². The largest absolute Gasteiger partial charge is 0.490 e. The third-order valence-corrected chi connectivity index (χ3v) is 3.83. The quantitative estimate of drug-likeness (QED) is 0.690. The van der Waals surface area contributed by atoms with E-state index in [1.165, 1.54) is 5.57 Å². The lowest BCUT2D eigenvalue weighted by Crippen LogP contribution is -2.22. The van der Waals surface area contributed by atoms with Crippen LogP contribution in [0.1, 0.15) is 34.1 Å². The van der Waals surface area contributed by atoms with E-state index in [1.54, 1.807) is 0 Å². The summed E-state index contributed by atoms with van der Waals surface area (Å²) in [5.41, 5.74) is 1.11. The van der Waals surface area contributed by atoms with Gasteiger partial charge in [0.15, 0.2) is 5.76 Å². The molecule has 0 radical (unpaired) electrons. The fourth-order valence-electron chi connectivity index (χ4n) is 2.84. The number of allylic oxidation sites excluding steroid dienone is 2. The molecule has 14 heavy (non-hydrogen) atoms. The van der Waals surface area contributed by atoms with Crippen molar-refractivity contribution in [2.24, 2.45) is 17.3 Å². The maximum Gasteiger partial charge on any atom is 0.204 e. The first-order valence-corrected chi connectivity index (χ1v) is 5.44. The lowest BCUT2D eigenvalue weighted by molar-refractivity contribution is -0.124. The van der Waals surface area contributed by atoms with Crippen LogP contribution in [0, 0.1) is 17.3 Å². The lowest BCUT2D eigenvalue weighted by atomic mass is 9.88. The van der Waals surface area contributed by atoms with E-state index in [0.29, 0.717) is 24.2 Å². The molecule has 2 unspecified atom stereocenters. The van der Waals surface area contributed by atoms with Gasteiger partial charge in [0.1, 0.15) is 0 Å². The fraction of sp³-hybridized carbons (Fsp3) is 0.750. The van der Waals surface area contributed by atoms with Gasteiger partial charge in [-0.1, -0.05) is 13.8 Å². The van der Waals surface area contributed by atoms with Crippen LogP contribution in [-0.4, -0.2) is 12.4 Å². The molecule has 2 rings (SSSR count). The van der Waals surface area contributed by atoms with Crippen molar-refractivity contribution in [1.82, 2.24) is 0 Å². The van der Waals surface area contributed by atoms with Gasteiger partial charge in [-0.2, -0.15) is 0 Å². The van der Waals surface area contributed by atoms with E-state index < -0.39 is 0 Å². The van der Waals surface area contributed by atoms with E-state index in [-0.39, 0.29) is 11.2 Å². The molecule has 2 nitrogen and oxygen atoms in total. The minimum atomic E-state index is -0.0748. The van der Waals surface area contributed by atoms with Gasteiger partial charge in [0, 0.05) is 5.41 Å². The second kappa shape index (κ2) is 2.85. The Bertz CT molecular complexity index is 314. The number of Topliss-reactive ketones (excluding diaryl/α,β-unsaturated/α-hetero) is 1. The number of ketones is 1. The van der Waals surface area contributed by atoms with Crippen molar-refractivity contribution < 1.29 is 9.53 Å². The van der Waals surface area contributed by atoms with Crippen LogP contribution < -0.4 is 0 Å². The van der Waals surface area contributed by atoms with Crippen LogP contribution in [0.15, 0.2) is 11.3 Å². The first-order chi connectivity index (χ1) is 6.55. The Kier molecular flexibility index (Phi) is 1.98. The molecular weight excluding hydrogens is 176 g/mol. The summed E-state index contributed by atoms with van der Waals surface area (Å²) in [4.78, 5) is 12.1. The van der Waals surface area contributed by atoms with Crippen LogP contribution in [0.2, 0.25) is 0 Å². The number of rotatable bonds is 3. The maximum absolute atomic E-state index is 12.1. The van der Waals surface area contributed by atoms with E-state index in [9.17, 15) is 4.79 Å². The van der Waals surface area contributed by atoms with Crippen molar-refractivity contribution >= 4 is 5.78 Å². The SMILES string of the molecule is CCOC1=C(C)C2CC2(C(C)C)C1=O. The summed E-state index contributed by atoms with van der Waals surface area (Å²) in [7, 11) is 0. The zero-order valence-electron chi connectivity index (χ0n) is 9.39. The minimum Gasteiger partial charge on any atom is -0.490 e. The smallest absolute Gasteiger partial charge is 0.204 e. The Hall–Kier alpha value is -0.790. The van der Waals surface area contributed by atoms with E-state index in [2.05, 4.69) is 13.8 Å². The molecule has 1 saturated carbocycles. The normalized spacial score (nSPS) is 35.2. The Morgan fingerprint density at radius 1 is 1.57 bits per heavy atom. The zero-order valence-corrected chi connectivity index (χ0v) is 9.39. The Labute approximate surface area is 85.3 Å². The standard InChI is InChI=1S/C12H18O2/c1-5-14-10-8(4)9-6-12(9,7(2)3)11(10)13/h7,9H,5-6H2,1-4H3. The van der Waals surface area contributed by atoms with Gasteiger partial charge < -0.3 is 4.74 Å². The molecule has 0 spiro atoms. The molecule has 2 aliphatic rings. The summed E-state index contributed by atoms with van der Waals surface area (Å²) in [6, 6.07) is 0. The van der Waals surface area contributed by atoms with Gasteiger partial charge in [0.2, 0.25) is 5.78 Å². The highest BCUT2D eigenvalue weighted by Gasteiger charge is 2.67. The van der Waals surface area contributed by atoms with E-state index in [0.717, 1.165) is 6.42 Å². The number of hydrogen-bond acceptors (Lipinski definition) is 2. The molecule has 0 saturated heterocycles. The maximum atomic E-state index is 12.1. The van der Waals surface area contributed by atoms with Crippen LogP contribution in [0.3, 0.4) is 0 Å². The minimum absolute atomic E-state index is 0.0748. The molecule has 78 valence electrons. The summed E-state index contributed by atoms with van der Waals surface area (Å²) in [6.45, 7) is 8.85. The van der Waals surface area contributed by atoms with Gasteiger partial charge in [0.05, 0.1) is 6.61 Å². The summed E-state index contributed by atoms with van der Waals surface area (Å²) < 4.78 is 5.43. The number of fused-ring (bicyclic) bond motifs is 1.